The van der Waals surface area contributed by atoms with Crippen LogP contribution in [0.2, 0.25) is 5.02 Å². The van der Waals surface area contributed by atoms with Gasteiger partial charge in [-0.05, 0) is 24.3 Å². The normalized spacial score (nSPS) is 10.0. The molecule has 5 heteroatoms. The Morgan fingerprint density at radius 2 is 1.71 bits per heavy atom. The molecule has 0 aromatic heterocycles. The molecule has 2 aromatic rings. The molecule has 0 saturated carbocycles. The minimum absolute atomic E-state index is 0.270. The van der Waals surface area contributed by atoms with Crippen LogP contribution in [0.4, 0.5) is 0 Å². The molecule has 0 heterocycles. The van der Waals surface area contributed by atoms with Crippen molar-refractivity contribution >= 4 is 17.9 Å². The largest absolute Gasteiger partial charge is 0.493 e. The van der Waals surface area contributed by atoms with Crippen LogP contribution in [-0.4, -0.2) is 26.6 Å². The Bertz CT molecular complexity index is 613. The summed E-state index contributed by atoms with van der Waals surface area (Å²) in [5, 5.41) is 0.545. The Kier molecular flexibility index (Phi) is 5.46. The average Bonchev–Trinajstić information content (AvgIpc) is 2.52. The predicted molar refractivity (Wildman–Crippen MR) is 80.8 cm³/mol. The molecule has 0 unspecified atom stereocenters. The lowest BCUT2D eigenvalue weighted by molar-refractivity contribution is 0.111. The number of rotatable bonds is 7. The summed E-state index contributed by atoms with van der Waals surface area (Å²) in [4.78, 5) is 11.0. The third-order valence-electron chi connectivity index (χ3n) is 2.78. The molecule has 0 saturated heterocycles. The number of aldehydes is 1. The van der Waals surface area contributed by atoms with Gasteiger partial charge in [0.05, 0.1) is 17.7 Å². The Balaban J connectivity index is 1.95. The first-order valence-electron chi connectivity index (χ1n) is 6.38. The summed E-state index contributed by atoms with van der Waals surface area (Å²) in [5.74, 6) is 1.52. The van der Waals surface area contributed by atoms with Crippen molar-refractivity contribution in [2.45, 2.75) is 0 Å². The highest BCUT2D eigenvalue weighted by Crippen LogP contribution is 2.30. The second kappa shape index (κ2) is 7.55. The quantitative estimate of drug-likeness (QED) is 0.579. The zero-order valence-electron chi connectivity index (χ0n) is 11.5. The molecular weight excluding hydrogens is 292 g/mol. The van der Waals surface area contributed by atoms with E-state index in [-0.39, 0.29) is 6.61 Å². The first-order valence-corrected chi connectivity index (χ1v) is 6.76. The number of halogens is 1. The summed E-state index contributed by atoms with van der Waals surface area (Å²) >= 11 is 5.98. The standard InChI is InChI=1S/C16H15ClO4/c1-19-15-8-4-5-12(11-18)16(15)21-10-9-20-14-7-3-2-6-13(14)17/h2-8,11H,9-10H2,1H3. The Morgan fingerprint density at radius 1 is 1.00 bits per heavy atom. The van der Waals surface area contributed by atoms with Crippen LogP contribution >= 0.6 is 11.6 Å². The van der Waals surface area contributed by atoms with Crippen molar-refractivity contribution in [1.82, 2.24) is 0 Å². The van der Waals surface area contributed by atoms with E-state index in [9.17, 15) is 4.79 Å². The van der Waals surface area contributed by atoms with Gasteiger partial charge in [-0.3, -0.25) is 4.79 Å². The molecule has 0 atom stereocenters. The molecule has 0 radical (unpaired) electrons. The molecule has 0 fully saturated rings. The van der Waals surface area contributed by atoms with Crippen LogP contribution < -0.4 is 14.2 Å². The minimum atomic E-state index is 0.270. The van der Waals surface area contributed by atoms with E-state index in [1.54, 1.807) is 30.3 Å². The van der Waals surface area contributed by atoms with E-state index in [0.717, 1.165) is 6.29 Å². The predicted octanol–water partition coefficient (Wildman–Crippen LogP) is 3.62. The van der Waals surface area contributed by atoms with E-state index in [2.05, 4.69) is 0 Å². The highest BCUT2D eigenvalue weighted by Gasteiger charge is 2.10. The molecular formula is C16H15ClO4. The van der Waals surface area contributed by atoms with Crippen molar-refractivity contribution in [3.05, 3.63) is 53.1 Å². The number of carbonyl (C=O) groups excluding carboxylic acids is 1. The smallest absolute Gasteiger partial charge is 0.171 e. The fraction of sp³-hybridized carbons (Fsp3) is 0.188. The molecule has 110 valence electrons. The topological polar surface area (TPSA) is 44.8 Å². The van der Waals surface area contributed by atoms with Crippen molar-refractivity contribution in [2.24, 2.45) is 0 Å². The van der Waals surface area contributed by atoms with Gasteiger partial charge < -0.3 is 14.2 Å². The monoisotopic (exact) mass is 306 g/mol. The lowest BCUT2D eigenvalue weighted by Crippen LogP contribution is -2.10. The van der Waals surface area contributed by atoms with Crippen LogP contribution in [0.15, 0.2) is 42.5 Å². The van der Waals surface area contributed by atoms with Crippen LogP contribution in [0.3, 0.4) is 0 Å². The molecule has 4 nitrogen and oxygen atoms in total. The summed E-state index contributed by atoms with van der Waals surface area (Å²) in [6.45, 7) is 0.576. The van der Waals surface area contributed by atoms with E-state index in [1.807, 2.05) is 12.1 Å². The Morgan fingerprint density at radius 3 is 2.43 bits per heavy atom. The maximum Gasteiger partial charge on any atom is 0.171 e. The summed E-state index contributed by atoms with van der Waals surface area (Å²) in [7, 11) is 1.52. The van der Waals surface area contributed by atoms with Gasteiger partial charge in [-0.25, -0.2) is 0 Å². The highest BCUT2D eigenvalue weighted by atomic mass is 35.5. The SMILES string of the molecule is COc1cccc(C=O)c1OCCOc1ccccc1Cl. The Labute approximate surface area is 128 Å². The lowest BCUT2D eigenvalue weighted by atomic mass is 10.2. The van der Waals surface area contributed by atoms with Gasteiger partial charge >= 0.3 is 0 Å². The second-order valence-electron chi connectivity index (χ2n) is 4.12. The molecule has 0 N–H and O–H groups in total. The van der Waals surface area contributed by atoms with Gasteiger partial charge in [-0.1, -0.05) is 29.8 Å². The van der Waals surface area contributed by atoms with E-state index < -0.39 is 0 Å². The molecule has 0 spiro atoms. The number of para-hydroxylation sites is 2. The van der Waals surface area contributed by atoms with Gasteiger partial charge in [0.15, 0.2) is 17.8 Å². The molecule has 2 rings (SSSR count). The maximum atomic E-state index is 11.0. The van der Waals surface area contributed by atoms with Crippen molar-refractivity contribution in [2.75, 3.05) is 20.3 Å². The van der Waals surface area contributed by atoms with Crippen LogP contribution in [0, 0.1) is 0 Å². The molecule has 0 amide bonds. The maximum absolute atomic E-state index is 11.0. The van der Waals surface area contributed by atoms with Gasteiger partial charge in [-0.2, -0.15) is 0 Å². The molecule has 0 aliphatic carbocycles. The van der Waals surface area contributed by atoms with E-state index in [1.165, 1.54) is 7.11 Å². The third kappa shape index (κ3) is 3.89. The third-order valence-corrected chi connectivity index (χ3v) is 3.09. The summed E-state index contributed by atoms with van der Waals surface area (Å²) in [6, 6.07) is 12.3. The van der Waals surface area contributed by atoms with E-state index >= 15 is 0 Å². The van der Waals surface area contributed by atoms with Gasteiger partial charge in [0.1, 0.15) is 19.0 Å². The van der Waals surface area contributed by atoms with Crippen LogP contribution in [-0.2, 0) is 0 Å². The zero-order valence-corrected chi connectivity index (χ0v) is 12.3. The number of hydrogen-bond acceptors (Lipinski definition) is 4. The van der Waals surface area contributed by atoms with Gasteiger partial charge in [0.2, 0.25) is 0 Å². The number of hydrogen-bond donors (Lipinski definition) is 0. The fourth-order valence-corrected chi connectivity index (χ4v) is 1.99. The van der Waals surface area contributed by atoms with Crippen LogP contribution in [0.5, 0.6) is 17.2 Å². The first-order chi connectivity index (χ1) is 10.3. The molecule has 2 aromatic carbocycles. The summed E-state index contributed by atoms with van der Waals surface area (Å²) in [5.41, 5.74) is 0.437. The van der Waals surface area contributed by atoms with Crippen molar-refractivity contribution < 1.29 is 19.0 Å². The van der Waals surface area contributed by atoms with E-state index in [0.29, 0.717) is 34.4 Å². The second-order valence-corrected chi connectivity index (χ2v) is 4.53. The molecule has 0 aliphatic heterocycles. The van der Waals surface area contributed by atoms with Crippen LogP contribution in [0.1, 0.15) is 10.4 Å². The highest BCUT2D eigenvalue weighted by molar-refractivity contribution is 6.32. The lowest BCUT2D eigenvalue weighted by Gasteiger charge is -2.13. The zero-order chi connectivity index (χ0) is 15.1. The van der Waals surface area contributed by atoms with Crippen LogP contribution in [0.25, 0.3) is 0 Å². The van der Waals surface area contributed by atoms with Crippen molar-refractivity contribution in [3.63, 3.8) is 0 Å². The fourth-order valence-electron chi connectivity index (χ4n) is 1.80. The summed E-state index contributed by atoms with van der Waals surface area (Å²) in [6.07, 6.45) is 0.729. The minimum Gasteiger partial charge on any atom is -0.493 e. The molecule has 0 aliphatic rings. The van der Waals surface area contributed by atoms with Gasteiger partial charge in [0, 0.05) is 0 Å². The van der Waals surface area contributed by atoms with Crippen molar-refractivity contribution in [1.29, 1.82) is 0 Å². The van der Waals surface area contributed by atoms with Gasteiger partial charge in [-0.15, -0.1) is 0 Å². The average molecular weight is 307 g/mol. The molecule has 21 heavy (non-hydrogen) atoms. The number of benzene rings is 2. The van der Waals surface area contributed by atoms with Gasteiger partial charge in [0.25, 0.3) is 0 Å². The molecule has 0 bridgehead atoms. The van der Waals surface area contributed by atoms with Crippen molar-refractivity contribution in [3.8, 4) is 17.2 Å². The first kappa shape index (κ1) is 15.2. The summed E-state index contributed by atoms with van der Waals surface area (Å²) < 4.78 is 16.3. The Hall–Kier alpha value is -2.20. The van der Waals surface area contributed by atoms with E-state index in [4.69, 9.17) is 25.8 Å². The number of carbonyl (C=O) groups is 1. The number of methoxy groups -OCH3 is 1. The number of ether oxygens (including phenoxy) is 3.